The summed E-state index contributed by atoms with van der Waals surface area (Å²) in [4.78, 5) is 0. The number of hydrogen-bond donors (Lipinski definition) is 0. The maximum Gasteiger partial charge on any atom is 0.313 e. The highest BCUT2D eigenvalue weighted by atomic mass is 19.3. The lowest BCUT2D eigenvalue weighted by molar-refractivity contribution is -0.195. The smallest absolute Gasteiger partial charge is 0.241 e. The Balaban J connectivity index is 4.49. The summed E-state index contributed by atoms with van der Waals surface area (Å²) in [6, 6.07) is 0. The van der Waals surface area contributed by atoms with Gasteiger partial charge in [-0.1, -0.05) is 6.92 Å². The van der Waals surface area contributed by atoms with Gasteiger partial charge in [-0.2, -0.15) is 0 Å². The first-order valence-electron chi connectivity index (χ1n) is 3.60. The summed E-state index contributed by atoms with van der Waals surface area (Å²) in [5.41, 5.74) is 0. The summed E-state index contributed by atoms with van der Waals surface area (Å²) >= 11 is 0. The minimum Gasteiger partial charge on any atom is -0.241 e. The molecule has 0 saturated carbocycles. The van der Waals surface area contributed by atoms with Gasteiger partial charge in [0, 0.05) is 0 Å². The number of halogens is 7. The molecule has 0 saturated heterocycles. The summed E-state index contributed by atoms with van der Waals surface area (Å²) in [5, 5.41) is 0. The predicted octanol–water partition coefficient (Wildman–Crippen LogP) is 3.47. The average molecular weight is 225 g/mol. The van der Waals surface area contributed by atoms with Gasteiger partial charge in [0.25, 0.3) is 5.92 Å². The zero-order valence-corrected chi connectivity index (χ0v) is 6.92. The first-order chi connectivity index (χ1) is 6.13. The maximum absolute atomic E-state index is 12.4. The summed E-state index contributed by atoms with van der Waals surface area (Å²) < 4.78 is 84.4. The van der Waals surface area contributed by atoms with Crippen LogP contribution in [0.15, 0.2) is 0 Å². The van der Waals surface area contributed by atoms with Crippen molar-refractivity contribution in [2.45, 2.75) is 37.3 Å². The fourth-order valence-corrected chi connectivity index (χ4v) is 0.713. The molecule has 0 aliphatic heterocycles. The molecule has 0 nitrogen and oxygen atoms in total. The minimum absolute atomic E-state index is 0.952. The van der Waals surface area contributed by atoms with Gasteiger partial charge in [-0.3, -0.25) is 0 Å². The van der Waals surface area contributed by atoms with Crippen molar-refractivity contribution < 1.29 is 30.7 Å². The molecule has 0 unspecified atom stereocenters. The second-order valence-corrected chi connectivity index (χ2v) is 2.76. The predicted molar refractivity (Wildman–Crippen MR) is 35.4 cm³/mol. The van der Waals surface area contributed by atoms with Crippen LogP contribution in [0.4, 0.5) is 30.7 Å². The Morgan fingerprint density at radius 3 is 1.64 bits per heavy atom. The van der Waals surface area contributed by atoms with Gasteiger partial charge in [0.2, 0.25) is 0 Å². The second-order valence-electron chi connectivity index (χ2n) is 2.76. The summed E-state index contributed by atoms with van der Waals surface area (Å²) in [6.07, 6.45) is -10.6. The van der Waals surface area contributed by atoms with Crippen LogP contribution in [0.3, 0.4) is 0 Å². The van der Waals surface area contributed by atoms with Crippen molar-refractivity contribution in [3.05, 3.63) is 6.92 Å². The molecule has 85 valence electrons. The quantitative estimate of drug-likeness (QED) is 0.628. The van der Waals surface area contributed by atoms with E-state index in [1.807, 2.05) is 0 Å². The Morgan fingerprint density at radius 2 is 1.36 bits per heavy atom. The number of alkyl halides is 7. The molecule has 14 heavy (non-hydrogen) atoms. The van der Waals surface area contributed by atoms with Crippen molar-refractivity contribution in [1.29, 1.82) is 0 Å². The lowest BCUT2D eigenvalue weighted by Crippen LogP contribution is -2.40. The molecule has 0 aromatic rings. The number of rotatable bonds is 5. The molecule has 0 N–H and O–H groups in total. The first kappa shape index (κ1) is 13.5. The van der Waals surface area contributed by atoms with Crippen LogP contribution in [-0.4, -0.2) is 24.4 Å². The Bertz CT molecular complexity index is 177. The van der Waals surface area contributed by atoms with Crippen LogP contribution < -0.4 is 0 Å². The molecule has 0 rings (SSSR count). The fraction of sp³-hybridized carbons (Fsp3) is 0.857. The van der Waals surface area contributed by atoms with Crippen molar-refractivity contribution in [3.63, 3.8) is 0 Å². The Labute approximate surface area is 76.1 Å². The second kappa shape index (κ2) is 4.35. The highest BCUT2D eigenvalue weighted by Gasteiger charge is 2.53. The maximum atomic E-state index is 12.4. The summed E-state index contributed by atoms with van der Waals surface area (Å²) in [6.45, 7) is 2.74. The van der Waals surface area contributed by atoms with E-state index in [2.05, 4.69) is 6.92 Å². The molecule has 0 amide bonds. The molecule has 1 radical (unpaired) electrons. The molecule has 0 aliphatic carbocycles. The van der Waals surface area contributed by atoms with Crippen molar-refractivity contribution in [2.24, 2.45) is 0 Å². The van der Waals surface area contributed by atoms with E-state index in [4.69, 9.17) is 0 Å². The van der Waals surface area contributed by atoms with Gasteiger partial charge in [-0.05, 0) is 6.42 Å². The normalized spacial score (nSPS) is 16.1. The van der Waals surface area contributed by atoms with Crippen LogP contribution in [0.25, 0.3) is 0 Å². The topological polar surface area (TPSA) is 0 Å². The molecular weight excluding hydrogens is 217 g/mol. The van der Waals surface area contributed by atoms with E-state index < -0.39 is 37.3 Å². The minimum atomic E-state index is -4.89. The van der Waals surface area contributed by atoms with Crippen molar-refractivity contribution in [1.82, 2.24) is 0 Å². The van der Waals surface area contributed by atoms with Gasteiger partial charge in [0.05, 0.1) is 6.42 Å². The zero-order valence-electron chi connectivity index (χ0n) is 6.92. The van der Waals surface area contributed by atoms with E-state index in [0.717, 1.165) is 0 Å². The molecule has 0 heterocycles. The van der Waals surface area contributed by atoms with Crippen LogP contribution in [0, 0.1) is 6.92 Å². The summed E-state index contributed by atoms with van der Waals surface area (Å²) in [5.74, 6) is -9.37. The zero-order chi connectivity index (χ0) is 11.6. The van der Waals surface area contributed by atoms with Gasteiger partial charge >= 0.3 is 12.3 Å². The molecule has 0 fully saturated rings. The Hall–Kier alpha value is -0.490. The Morgan fingerprint density at radius 1 is 0.929 bits per heavy atom. The van der Waals surface area contributed by atoms with Gasteiger partial charge in [-0.15, -0.1) is 0 Å². The van der Waals surface area contributed by atoms with Crippen molar-refractivity contribution >= 4 is 0 Å². The van der Waals surface area contributed by atoms with E-state index in [-0.39, 0.29) is 0 Å². The van der Waals surface area contributed by atoms with Crippen LogP contribution in [-0.2, 0) is 0 Å². The van der Waals surface area contributed by atoms with Crippen LogP contribution in [0.1, 0.15) is 12.8 Å². The van der Waals surface area contributed by atoms with Crippen LogP contribution in [0.2, 0.25) is 0 Å². The molecule has 1 atom stereocenters. The largest absolute Gasteiger partial charge is 0.313 e. The molecule has 7 heteroatoms. The van der Waals surface area contributed by atoms with E-state index in [9.17, 15) is 30.7 Å². The average Bonchev–Trinajstić information content (AvgIpc) is 2.00. The molecular formula is C7H8F7. The van der Waals surface area contributed by atoms with E-state index >= 15 is 0 Å². The highest BCUT2D eigenvalue weighted by Crippen LogP contribution is 2.38. The lowest BCUT2D eigenvalue weighted by atomic mass is 10.0. The molecule has 0 aromatic heterocycles. The third-order valence-corrected chi connectivity index (χ3v) is 1.50. The third kappa shape index (κ3) is 3.34. The highest BCUT2D eigenvalue weighted by molar-refractivity contribution is 4.85. The van der Waals surface area contributed by atoms with Crippen molar-refractivity contribution in [2.75, 3.05) is 0 Å². The first-order valence-corrected chi connectivity index (χ1v) is 3.60. The molecule has 0 aromatic carbocycles. The van der Waals surface area contributed by atoms with E-state index in [1.54, 1.807) is 0 Å². The Kier molecular flexibility index (Phi) is 4.20. The lowest BCUT2D eigenvalue weighted by Gasteiger charge is -2.24. The number of hydrogen-bond acceptors (Lipinski definition) is 0. The summed E-state index contributed by atoms with van der Waals surface area (Å²) in [7, 11) is 0. The van der Waals surface area contributed by atoms with Gasteiger partial charge in [0.15, 0.2) is 6.17 Å². The fourth-order valence-electron chi connectivity index (χ4n) is 0.713. The monoisotopic (exact) mass is 225 g/mol. The van der Waals surface area contributed by atoms with Crippen molar-refractivity contribution in [3.8, 4) is 0 Å². The van der Waals surface area contributed by atoms with Gasteiger partial charge in [0.1, 0.15) is 0 Å². The van der Waals surface area contributed by atoms with E-state index in [0.29, 0.717) is 0 Å². The molecule has 0 spiro atoms. The molecule has 0 bridgehead atoms. The standard InChI is InChI=1S/C7H8F7/c1-2-4(8)6(11,12)3-7(13,14)5(9)10/h4-5H,1-3H2/t4-/m0/s1. The van der Waals surface area contributed by atoms with Crippen LogP contribution >= 0.6 is 0 Å². The van der Waals surface area contributed by atoms with Gasteiger partial charge < -0.3 is 0 Å². The SMILES string of the molecule is [CH2]C[C@H](F)C(F)(F)CC(F)(F)C(F)F. The van der Waals surface area contributed by atoms with Crippen LogP contribution in [0.5, 0.6) is 0 Å². The van der Waals surface area contributed by atoms with E-state index in [1.165, 1.54) is 0 Å². The molecule has 0 aliphatic rings. The third-order valence-electron chi connectivity index (χ3n) is 1.50. The van der Waals surface area contributed by atoms with Gasteiger partial charge in [-0.25, -0.2) is 30.7 Å².